The first kappa shape index (κ1) is 29.0. The van der Waals surface area contributed by atoms with Crippen LogP contribution in [-0.2, 0) is 27.7 Å². The van der Waals surface area contributed by atoms with Gasteiger partial charge in [0, 0.05) is 35.7 Å². The van der Waals surface area contributed by atoms with Gasteiger partial charge in [0.05, 0.1) is 16.3 Å². The normalized spacial score (nSPS) is 20.9. The molecule has 15 heteroatoms. The van der Waals surface area contributed by atoms with Gasteiger partial charge in [-0.1, -0.05) is 11.6 Å². The number of anilines is 1. The number of fused-ring (bicyclic) bond motifs is 6. The summed E-state index contributed by atoms with van der Waals surface area (Å²) in [5.74, 6) is -0.173. The number of piperidine rings is 1. The Morgan fingerprint density at radius 2 is 1.90 bits per heavy atom. The van der Waals surface area contributed by atoms with Crippen molar-refractivity contribution in [3.8, 4) is 0 Å². The molecule has 0 bridgehead atoms. The monoisotopic (exact) mass is 670 g/mol. The molecule has 2 aromatic heterocycles. The van der Waals surface area contributed by atoms with Crippen LogP contribution in [0.15, 0.2) is 27.7 Å². The van der Waals surface area contributed by atoms with E-state index in [-0.39, 0.29) is 45.2 Å². The fraction of sp³-hybridized carbons (Fsp3) is 0.519. The van der Waals surface area contributed by atoms with Gasteiger partial charge in [-0.05, 0) is 80.1 Å². The van der Waals surface area contributed by atoms with E-state index >= 15 is 0 Å². The molecule has 1 aliphatic heterocycles. The third-order valence-corrected chi connectivity index (χ3v) is 8.94. The number of hydrogen-bond acceptors (Lipinski definition) is 6. The summed E-state index contributed by atoms with van der Waals surface area (Å²) < 4.78 is 47.7. The smallest absolute Gasteiger partial charge is 0.416 e. The summed E-state index contributed by atoms with van der Waals surface area (Å²) in [4.78, 5) is 45.9. The highest BCUT2D eigenvalue weighted by Gasteiger charge is 2.64. The molecular weight excluding hydrogens is 645 g/mol. The average molecular weight is 672 g/mol. The quantitative estimate of drug-likeness (QED) is 0.402. The Balaban J connectivity index is 1.33. The topological polar surface area (TPSA) is 111 Å². The number of benzene rings is 1. The Morgan fingerprint density at radius 1 is 1.21 bits per heavy atom. The molecule has 2 amide bonds. The number of amides is 2. The first-order valence-electron chi connectivity index (χ1n) is 13.4. The lowest BCUT2D eigenvalue weighted by atomic mass is 9.71. The second-order valence-electron chi connectivity index (χ2n) is 12.1. The molecule has 10 nitrogen and oxygen atoms in total. The van der Waals surface area contributed by atoms with Crippen LogP contribution in [-0.4, -0.2) is 54.8 Å². The number of nitrogens with zero attached hydrogens (tertiary/aromatic N) is 5. The zero-order valence-electron chi connectivity index (χ0n) is 22.9. The lowest BCUT2D eigenvalue weighted by Gasteiger charge is -2.41. The van der Waals surface area contributed by atoms with Crippen LogP contribution in [0.3, 0.4) is 0 Å². The van der Waals surface area contributed by atoms with Crippen molar-refractivity contribution < 1.29 is 27.5 Å². The summed E-state index contributed by atoms with van der Waals surface area (Å²) in [6.07, 6.45) is -3.02. The molecule has 6 rings (SSSR count). The van der Waals surface area contributed by atoms with E-state index in [0.29, 0.717) is 31.5 Å². The highest BCUT2D eigenvalue weighted by molar-refractivity contribution is 9.10. The van der Waals surface area contributed by atoms with Crippen molar-refractivity contribution in [3.05, 3.63) is 55.1 Å². The second-order valence-corrected chi connectivity index (χ2v) is 13.2. The molecule has 1 saturated heterocycles. The first-order valence-corrected chi connectivity index (χ1v) is 14.6. The van der Waals surface area contributed by atoms with Gasteiger partial charge in [0.2, 0.25) is 16.4 Å². The van der Waals surface area contributed by atoms with Crippen LogP contribution in [0.4, 0.5) is 23.7 Å². The van der Waals surface area contributed by atoms with Gasteiger partial charge in [0.15, 0.2) is 0 Å². The Kier molecular flexibility index (Phi) is 6.69. The molecule has 2 atom stereocenters. The van der Waals surface area contributed by atoms with E-state index in [1.54, 1.807) is 9.47 Å². The lowest BCUT2D eigenvalue weighted by Crippen LogP contribution is -2.49. The minimum Gasteiger partial charge on any atom is -0.444 e. The van der Waals surface area contributed by atoms with Crippen LogP contribution < -0.4 is 10.9 Å². The molecule has 224 valence electrons. The van der Waals surface area contributed by atoms with Gasteiger partial charge in [-0.2, -0.15) is 22.7 Å². The predicted molar refractivity (Wildman–Crippen MR) is 150 cm³/mol. The molecular formula is C27H27BrClF3N6O4. The van der Waals surface area contributed by atoms with Crippen molar-refractivity contribution in [2.24, 2.45) is 5.92 Å². The van der Waals surface area contributed by atoms with Gasteiger partial charge in [-0.15, -0.1) is 5.10 Å². The van der Waals surface area contributed by atoms with Crippen LogP contribution >= 0.6 is 27.5 Å². The Bertz CT molecular complexity index is 1690. The molecule has 42 heavy (non-hydrogen) atoms. The van der Waals surface area contributed by atoms with Gasteiger partial charge in [0.1, 0.15) is 12.1 Å². The van der Waals surface area contributed by atoms with Crippen LogP contribution in [0.5, 0.6) is 0 Å². The molecule has 2 aliphatic carbocycles. The van der Waals surface area contributed by atoms with Gasteiger partial charge in [-0.3, -0.25) is 9.59 Å². The minimum absolute atomic E-state index is 0.0290. The number of nitrogens with one attached hydrogen (secondary N) is 1. The highest BCUT2D eigenvalue weighted by atomic mass is 79.9. The summed E-state index contributed by atoms with van der Waals surface area (Å²) in [5.41, 5.74) is -1.02. The maximum Gasteiger partial charge on any atom is 0.416 e. The number of halogens is 5. The lowest BCUT2D eigenvalue weighted by molar-refractivity contribution is -0.137. The van der Waals surface area contributed by atoms with Crippen LogP contribution in [0.1, 0.15) is 62.8 Å². The number of aromatic nitrogens is 4. The molecule has 1 N–H and O–H groups in total. The predicted octanol–water partition coefficient (Wildman–Crippen LogP) is 5.35. The van der Waals surface area contributed by atoms with Crippen LogP contribution in [0.25, 0.3) is 5.78 Å². The summed E-state index contributed by atoms with van der Waals surface area (Å²) in [5, 5.41) is 6.57. The van der Waals surface area contributed by atoms with Crippen molar-refractivity contribution in [2.75, 3.05) is 18.4 Å². The van der Waals surface area contributed by atoms with E-state index < -0.39 is 34.8 Å². The zero-order valence-corrected chi connectivity index (χ0v) is 25.2. The fourth-order valence-electron chi connectivity index (χ4n) is 6.51. The molecule has 0 unspecified atom stereocenters. The maximum absolute atomic E-state index is 13.9. The number of rotatable bonds is 3. The van der Waals surface area contributed by atoms with E-state index in [2.05, 4.69) is 31.3 Å². The summed E-state index contributed by atoms with van der Waals surface area (Å²) in [6, 6.07) is 2.70. The number of ether oxygens (including phenoxy) is 1. The SMILES string of the molecule is CC(C)(C)OC(=O)N1CCC2(CC1)c1c(n(CC(=O)Nc3ccc(C(F)(F)F)cc3Cl)c3nc(Br)nn3c1=O)[C@H]1C[C@H]12. The summed E-state index contributed by atoms with van der Waals surface area (Å²) >= 11 is 9.29. The highest BCUT2D eigenvalue weighted by Crippen LogP contribution is 2.67. The van der Waals surface area contributed by atoms with Gasteiger partial charge in [-0.25, -0.2) is 4.79 Å². The van der Waals surface area contributed by atoms with Crippen molar-refractivity contribution in [3.63, 3.8) is 0 Å². The van der Waals surface area contributed by atoms with Gasteiger partial charge < -0.3 is 19.5 Å². The van der Waals surface area contributed by atoms with Gasteiger partial charge >= 0.3 is 12.3 Å². The average Bonchev–Trinajstić information content (AvgIpc) is 3.51. The van der Waals surface area contributed by atoms with Crippen LogP contribution in [0.2, 0.25) is 5.02 Å². The first-order chi connectivity index (χ1) is 19.6. The minimum atomic E-state index is -4.57. The Morgan fingerprint density at radius 3 is 2.52 bits per heavy atom. The third kappa shape index (κ3) is 4.85. The Labute approximate surface area is 251 Å². The van der Waals surface area contributed by atoms with Crippen molar-refractivity contribution in [2.45, 2.75) is 69.7 Å². The molecule has 3 aromatic rings. The zero-order chi connectivity index (χ0) is 30.4. The van der Waals surface area contributed by atoms with Crippen LogP contribution in [0, 0.1) is 5.92 Å². The van der Waals surface area contributed by atoms with E-state index in [9.17, 15) is 27.6 Å². The summed E-state index contributed by atoms with van der Waals surface area (Å²) in [6.45, 7) is 6.00. The van der Waals surface area contributed by atoms with Gasteiger partial charge in [0.25, 0.3) is 5.56 Å². The van der Waals surface area contributed by atoms with Crippen molar-refractivity contribution >= 4 is 51.0 Å². The molecule has 0 radical (unpaired) electrons. The molecule has 1 saturated carbocycles. The third-order valence-electron chi connectivity index (χ3n) is 8.29. The molecule has 3 aliphatic rings. The molecule has 1 aromatic carbocycles. The molecule has 3 heterocycles. The van der Waals surface area contributed by atoms with E-state index in [0.717, 1.165) is 30.3 Å². The van der Waals surface area contributed by atoms with Crippen molar-refractivity contribution in [1.82, 2.24) is 24.1 Å². The number of likely N-dealkylation sites (tertiary alicyclic amines) is 1. The number of carbonyl (C=O) groups is 2. The number of carbonyl (C=O) groups excluding carboxylic acids is 2. The number of alkyl halides is 3. The number of hydrogen-bond donors (Lipinski definition) is 1. The molecule has 1 spiro atoms. The maximum atomic E-state index is 13.9. The van der Waals surface area contributed by atoms with E-state index in [4.69, 9.17) is 16.3 Å². The fourth-order valence-corrected chi connectivity index (χ4v) is 7.06. The van der Waals surface area contributed by atoms with Crippen molar-refractivity contribution in [1.29, 1.82) is 0 Å². The Hall–Kier alpha value is -3.13. The summed E-state index contributed by atoms with van der Waals surface area (Å²) in [7, 11) is 0. The second kappa shape index (κ2) is 9.69. The standard InChI is InChI=1S/C27H27BrClF3N6O4/c1-25(2,3)42-24(41)36-8-6-26(7-9-36)15-11-14(15)20-19(26)21(40)38-23(34-22(28)35-38)37(20)12-18(39)33-17-5-4-13(10-16(17)29)27(30,31)32/h4-5,10,14-15H,6-9,11-12H2,1-3H3,(H,33,39)/t14-,15+/m0/s1. The van der Waals surface area contributed by atoms with E-state index in [1.807, 2.05) is 20.8 Å². The molecule has 2 fully saturated rings. The largest absolute Gasteiger partial charge is 0.444 e. The van der Waals surface area contributed by atoms with E-state index in [1.165, 1.54) is 4.52 Å².